The molecule has 1 fully saturated rings. The summed E-state index contributed by atoms with van der Waals surface area (Å²) in [6.45, 7) is 3.53. The van der Waals surface area contributed by atoms with Crippen molar-refractivity contribution in [1.29, 1.82) is 0 Å². The Balaban J connectivity index is 2.18. The third kappa shape index (κ3) is 3.94. The molecular weight excluding hydrogens is 262 g/mol. The first kappa shape index (κ1) is 16.2. The lowest BCUT2D eigenvalue weighted by Crippen LogP contribution is -2.40. The highest BCUT2D eigenvalue weighted by Gasteiger charge is 2.28. The summed E-state index contributed by atoms with van der Waals surface area (Å²) in [5, 5.41) is 21.0. The van der Waals surface area contributed by atoms with Crippen LogP contribution < -0.4 is 5.73 Å². The monoisotopic (exact) mass is 289 g/mol. The molecule has 0 saturated heterocycles. The minimum atomic E-state index is -1.05. The Morgan fingerprint density at radius 3 is 2.57 bits per heavy atom. The molecule has 2 rings (SSSR count). The van der Waals surface area contributed by atoms with Gasteiger partial charge in [-0.15, -0.1) is 0 Å². The summed E-state index contributed by atoms with van der Waals surface area (Å²) >= 11 is 0. The van der Waals surface area contributed by atoms with Crippen LogP contribution in [0, 0.1) is 0 Å². The SMILES string of the molecule is C[C@@H](N)[C@](C)(O)c1cccc(/C=C/C2(O)CCCCC2)c1. The summed E-state index contributed by atoms with van der Waals surface area (Å²) < 4.78 is 0. The van der Waals surface area contributed by atoms with E-state index in [2.05, 4.69) is 0 Å². The van der Waals surface area contributed by atoms with Gasteiger partial charge in [-0.1, -0.05) is 49.6 Å². The largest absolute Gasteiger partial charge is 0.386 e. The first-order valence-electron chi connectivity index (χ1n) is 7.84. The topological polar surface area (TPSA) is 66.5 Å². The van der Waals surface area contributed by atoms with Gasteiger partial charge in [0, 0.05) is 6.04 Å². The van der Waals surface area contributed by atoms with E-state index in [-0.39, 0.29) is 6.04 Å². The molecule has 3 nitrogen and oxygen atoms in total. The second-order valence-electron chi connectivity index (χ2n) is 6.56. The van der Waals surface area contributed by atoms with Gasteiger partial charge in [-0.25, -0.2) is 0 Å². The van der Waals surface area contributed by atoms with Crippen molar-refractivity contribution in [3.8, 4) is 0 Å². The molecule has 1 aliphatic rings. The van der Waals surface area contributed by atoms with Crippen LogP contribution in [-0.4, -0.2) is 21.9 Å². The van der Waals surface area contributed by atoms with Crippen molar-refractivity contribution in [2.75, 3.05) is 0 Å². The third-order valence-electron chi connectivity index (χ3n) is 4.66. The standard InChI is InChI=1S/C18H27NO2/c1-14(19)17(2,20)16-8-6-7-15(13-16)9-12-18(21)10-4-3-5-11-18/h6-9,12-14,20-21H,3-5,10-11,19H2,1-2H3/b12-9+/t14-,17+/m1/s1. The van der Waals surface area contributed by atoms with Gasteiger partial charge >= 0.3 is 0 Å². The maximum absolute atomic E-state index is 10.5. The van der Waals surface area contributed by atoms with E-state index in [0.717, 1.165) is 36.8 Å². The van der Waals surface area contributed by atoms with Crippen molar-refractivity contribution >= 4 is 6.08 Å². The maximum Gasteiger partial charge on any atom is 0.102 e. The lowest BCUT2D eigenvalue weighted by Gasteiger charge is -2.29. The zero-order valence-electron chi connectivity index (χ0n) is 13.0. The van der Waals surface area contributed by atoms with Crippen LogP contribution in [0.15, 0.2) is 30.3 Å². The quantitative estimate of drug-likeness (QED) is 0.798. The molecule has 0 spiro atoms. The molecule has 3 heteroatoms. The fraction of sp³-hybridized carbons (Fsp3) is 0.556. The summed E-state index contributed by atoms with van der Waals surface area (Å²) in [5.41, 5.74) is 5.92. The van der Waals surface area contributed by atoms with E-state index < -0.39 is 11.2 Å². The van der Waals surface area contributed by atoms with Crippen LogP contribution in [0.1, 0.15) is 57.1 Å². The van der Waals surface area contributed by atoms with Crippen molar-refractivity contribution < 1.29 is 10.2 Å². The van der Waals surface area contributed by atoms with Crippen LogP contribution in [0.25, 0.3) is 6.08 Å². The lowest BCUT2D eigenvalue weighted by molar-refractivity contribution is 0.0349. The van der Waals surface area contributed by atoms with Crippen molar-refractivity contribution in [2.24, 2.45) is 5.73 Å². The van der Waals surface area contributed by atoms with E-state index in [1.807, 2.05) is 36.4 Å². The average molecular weight is 289 g/mol. The van der Waals surface area contributed by atoms with E-state index in [1.54, 1.807) is 13.8 Å². The Morgan fingerprint density at radius 1 is 1.29 bits per heavy atom. The first-order valence-corrected chi connectivity index (χ1v) is 7.84. The second-order valence-corrected chi connectivity index (χ2v) is 6.56. The van der Waals surface area contributed by atoms with Crippen LogP contribution in [0.3, 0.4) is 0 Å². The molecule has 0 amide bonds. The Kier molecular flexibility index (Phi) is 4.87. The van der Waals surface area contributed by atoms with Crippen molar-refractivity contribution in [3.63, 3.8) is 0 Å². The predicted molar refractivity (Wildman–Crippen MR) is 86.7 cm³/mol. The molecule has 0 aliphatic heterocycles. The van der Waals surface area contributed by atoms with Crippen LogP contribution in [0.5, 0.6) is 0 Å². The van der Waals surface area contributed by atoms with Crippen LogP contribution in [-0.2, 0) is 5.60 Å². The van der Waals surface area contributed by atoms with Gasteiger partial charge in [0.25, 0.3) is 0 Å². The van der Waals surface area contributed by atoms with E-state index in [4.69, 9.17) is 5.73 Å². The van der Waals surface area contributed by atoms with Gasteiger partial charge in [0.2, 0.25) is 0 Å². The highest BCUT2D eigenvalue weighted by atomic mass is 16.3. The minimum Gasteiger partial charge on any atom is -0.386 e. The van der Waals surface area contributed by atoms with Gasteiger partial charge in [0.05, 0.1) is 5.60 Å². The molecule has 1 aromatic carbocycles. The number of nitrogens with two attached hydrogens (primary N) is 1. The van der Waals surface area contributed by atoms with E-state index >= 15 is 0 Å². The lowest BCUT2D eigenvalue weighted by atomic mass is 9.84. The highest BCUT2D eigenvalue weighted by Crippen LogP contribution is 2.30. The number of aliphatic hydroxyl groups is 2. The van der Waals surface area contributed by atoms with Crippen molar-refractivity contribution in [1.82, 2.24) is 0 Å². The van der Waals surface area contributed by atoms with Gasteiger partial charge in [0.15, 0.2) is 0 Å². The maximum atomic E-state index is 10.5. The third-order valence-corrected chi connectivity index (χ3v) is 4.66. The number of hydrogen-bond acceptors (Lipinski definition) is 3. The van der Waals surface area contributed by atoms with E-state index in [0.29, 0.717) is 0 Å². The molecule has 21 heavy (non-hydrogen) atoms. The zero-order valence-corrected chi connectivity index (χ0v) is 13.0. The Morgan fingerprint density at radius 2 is 1.95 bits per heavy atom. The highest BCUT2D eigenvalue weighted by molar-refractivity contribution is 5.52. The summed E-state index contributed by atoms with van der Waals surface area (Å²) in [6.07, 6.45) is 8.91. The second kappa shape index (κ2) is 6.30. The molecule has 116 valence electrons. The van der Waals surface area contributed by atoms with Gasteiger partial charge in [0.1, 0.15) is 5.60 Å². The smallest absolute Gasteiger partial charge is 0.102 e. The average Bonchev–Trinajstić information content (AvgIpc) is 2.46. The Labute approximate surface area is 127 Å². The van der Waals surface area contributed by atoms with Gasteiger partial charge in [-0.2, -0.15) is 0 Å². The van der Waals surface area contributed by atoms with Gasteiger partial charge < -0.3 is 15.9 Å². The van der Waals surface area contributed by atoms with Crippen LogP contribution >= 0.6 is 0 Å². The van der Waals surface area contributed by atoms with Crippen molar-refractivity contribution in [3.05, 3.63) is 41.5 Å². The molecular formula is C18H27NO2. The van der Waals surface area contributed by atoms with Crippen LogP contribution in [0.4, 0.5) is 0 Å². The van der Waals surface area contributed by atoms with Gasteiger partial charge in [-0.05, 0) is 43.9 Å². The van der Waals surface area contributed by atoms with Gasteiger partial charge in [-0.3, -0.25) is 0 Å². The molecule has 0 bridgehead atoms. The fourth-order valence-corrected chi connectivity index (χ4v) is 2.80. The zero-order chi connectivity index (χ0) is 15.5. The summed E-state index contributed by atoms with van der Waals surface area (Å²) in [4.78, 5) is 0. The molecule has 1 saturated carbocycles. The van der Waals surface area contributed by atoms with Crippen LogP contribution in [0.2, 0.25) is 0 Å². The summed E-state index contributed by atoms with van der Waals surface area (Å²) in [5.74, 6) is 0. The normalized spacial score (nSPS) is 22.9. The van der Waals surface area contributed by atoms with E-state index in [1.165, 1.54) is 6.42 Å². The molecule has 1 aliphatic carbocycles. The molecule has 0 radical (unpaired) electrons. The minimum absolute atomic E-state index is 0.348. The van der Waals surface area contributed by atoms with E-state index in [9.17, 15) is 10.2 Å². The molecule has 0 aromatic heterocycles. The first-order chi connectivity index (χ1) is 9.83. The molecule has 4 N–H and O–H groups in total. The fourth-order valence-electron chi connectivity index (χ4n) is 2.80. The summed E-state index contributed by atoms with van der Waals surface area (Å²) in [6, 6.07) is 7.36. The Bertz CT molecular complexity index is 500. The molecule has 0 unspecified atom stereocenters. The number of rotatable bonds is 4. The molecule has 1 aromatic rings. The number of benzene rings is 1. The molecule has 2 atom stereocenters. The Hall–Kier alpha value is -1.16. The summed E-state index contributed by atoms with van der Waals surface area (Å²) in [7, 11) is 0. The number of hydrogen-bond donors (Lipinski definition) is 3. The molecule has 0 heterocycles. The predicted octanol–water partition coefficient (Wildman–Crippen LogP) is 2.95. The van der Waals surface area contributed by atoms with Crippen molar-refractivity contribution in [2.45, 2.75) is 63.2 Å².